The number of carbonyl (C=O) groups excluding carboxylic acids is 2. The number of benzene rings is 1. The molecule has 1 amide bonds. The van der Waals surface area contributed by atoms with Crippen LogP contribution in [-0.4, -0.2) is 22.9 Å². The molecule has 0 saturated heterocycles. The van der Waals surface area contributed by atoms with E-state index >= 15 is 0 Å². The molecule has 0 heterocycles. The summed E-state index contributed by atoms with van der Waals surface area (Å²) in [5.74, 6) is 1.72. The van der Waals surface area contributed by atoms with E-state index in [1.165, 1.54) is 12.0 Å². The number of anilines is 1. The first-order chi connectivity index (χ1) is 18.7. The lowest BCUT2D eigenvalue weighted by atomic mass is 9.33. The maximum atomic E-state index is 14.2. The molecule has 4 saturated carbocycles. The Labute approximate surface area is 241 Å². The number of allylic oxidation sites excluding steroid dienone is 1. The van der Waals surface area contributed by atoms with Gasteiger partial charge in [0.25, 0.3) is 0 Å². The normalized spacial score (nSPS) is 44.0. The van der Waals surface area contributed by atoms with Crippen LogP contribution in [0.5, 0.6) is 0 Å². The lowest BCUT2D eigenvalue weighted by Crippen LogP contribution is -2.66. The number of ketones is 1. The standard InChI is InChI=1S/C36H51NO3/c1-22(2)29-25(38)21-36(31(40)37-23-11-9-8-10-12-23)20-19-34(6)24(30(29)36)13-14-27-33(5)17-16-28(39)32(3,4)26(33)15-18-35(27,34)7/h8-12,22,24,26-28,39H,13-21H2,1-7H3,(H,37,40)/t24-,26+,27-,28+,33+,34-,35-,36-/m1/s1. The largest absolute Gasteiger partial charge is 0.393 e. The lowest BCUT2D eigenvalue weighted by Gasteiger charge is -2.72. The summed E-state index contributed by atoms with van der Waals surface area (Å²) in [5.41, 5.74) is 2.59. The zero-order valence-electron chi connectivity index (χ0n) is 25.9. The predicted molar refractivity (Wildman–Crippen MR) is 161 cm³/mol. The summed E-state index contributed by atoms with van der Waals surface area (Å²) >= 11 is 0. The zero-order chi connectivity index (χ0) is 28.9. The molecule has 4 nitrogen and oxygen atoms in total. The highest BCUT2D eigenvalue weighted by Crippen LogP contribution is 2.76. The summed E-state index contributed by atoms with van der Waals surface area (Å²) < 4.78 is 0. The van der Waals surface area contributed by atoms with Gasteiger partial charge in [-0.05, 0) is 120 Å². The van der Waals surface area contributed by atoms with E-state index in [9.17, 15) is 14.7 Å². The van der Waals surface area contributed by atoms with Gasteiger partial charge < -0.3 is 10.4 Å². The van der Waals surface area contributed by atoms with E-state index in [2.05, 4.69) is 53.8 Å². The third-order valence-corrected chi connectivity index (χ3v) is 13.9. The molecule has 4 fully saturated rings. The van der Waals surface area contributed by atoms with Crippen molar-refractivity contribution in [3.8, 4) is 0 Å². The Morgan fingerprint density at radius 2 is 1.57 bits per heavy atom. The second-order valence-electron chi connectivity index (χ2n) is 16.0. The van der Waals surface area contributed by atoms with Crippen molar-refractivity contribution in [1.82, 2.24) is 0 Å². The number of nitrogens with one attached hydrogen (secondary N) is 1. The molecule has 1 aromatic carbocycles. The molecule has 218 valence electrons. The van der Waals surface area contributed by atoms with Gasteiger partial charge in [-0.25, -0.2) is 0 Å². The summed E-state index contributed by atoms with van der Waals surface area (Å²) in [6, 6.07) is 9.75. The van der Waals surface area contributed by atoms with Crippen molar-refractivity contribution < 1.29 is 14.7 Å². The van der Waals surface area contributed by atoms with Crippen LogP contribution in [0.25, 0.3) is 0 Å². The Bertz CT molecular complexity index is 1250. The second-order valence-corrected chi connectivity index (χ2v) is 16.0. The summed E-state index contributed by atoms with van der Waals surface area (Å²) in [4.78, 5) is 28.0. The van der Waals surface area contributed by atoms with Crippen LogP contribution in [0.15, 0.2) is 41.5 Å². The van der Waals surface area contributed by atoms with Crippen molar-refractivity contribution in [3.63, 3.8) is 0 Å². The molecule has 0 spiro atoms. The summed E-state index contributed by atoms with van der Waals surface area (Å²) in [7, 11) is 0. The Morgan fingerprint density at radius 3 is 2.25 bits per heavy atom. The van der Waals surface area contributed by atoms with Crippen LogP contribution in [-0.2, 0) is 9.59 Å². The van der Waals surface area contributed by atoms with Crippen LogP contribution in [0.4, 0.5) is 5.69 Å². The van der Waals surface area contributed by atoms with Crippen molar-refractivity contribution >= 4 is 17.4 Å². The zero-order valence-corrected chi connectivity index (χ0v) is 25.9. The molecule has 0 bridgehead atoms. The molecule has 0 unspecified atom stereocenters. The molecule has 6 rings (SSSR count). The number of aliphatic hydroxyl groups is 1. The van der Waals surface area contributed by atoms with Crippen molar-refractivity contribution in [3.05, 3.63) is 41.5 Å². The fraction of sp³-hybridized carbons (Fsp3) is 0.722. The van der Waals surface area contributed by atoms with E-state index in [0.29, 0.717) is 18.3 Å². The van der Waals surface area contributed by atoms with Gasteiger partial charge in [0.15, 0.2) is 5.78 Å². The van der Waals surface area contributed by atoms with Gasteiger partial charge in [-0.3, -0.25) is 9.59 Å². The number of carbonyl (C=O) groups is 2. The number of amides is 1. The molecule has 0 radical (unpaired) electrons. The minimum absolute atomic E-state index is 0.0192. The average molecular weight is 546 g/mol. The molecule has 5 aliphatic rings. The van der Waals surface area contributed by atoms with E-state index in [1.54, 1.807) is 0 Å². The number of para-hydroxylation sites is 1. The van der Waals surface area contributed by atoms with Gasteiger partial charge in [-0.1, -0.05) is 66.7 Å². The van der Waals surface area contributed by atoms with Crippen molar-refractivity contribution in [2.75, 3.05) is 5.32 Å². The summed E-state index contributed by atoms with van der Waals surface area (Å²) in [6.45, 7) is 16.6. The highest BCUT2D eigenvalue weighted by atomic mass is 16.3. The third-order valence-electron chi connectivity index (χ3n) is 13.9. The van der Waals surface area contributed by atoms with E-state index in [1.807, 2.05) is 30.3 Å². The van der Waals surface area contributed by atoms with Gasteiger partial charge in [-0.2, -0.15) is 0 Å². The van der Waals surface area contributed by atoms with E-state index in [4.69, 9.17) is 0 Å². The third kappa shape index (κ3) is 3.53. The molecule has 0 aromatic heterocycles. The smallest absolute Gasteiger partial charge is 0.235 e. The van der Waals surface area contributed by atoms with E-state index in [-0.39, 0.29) is 51.3 Å². The van der Waals surface area contributed by atoms with E-state index in [0.717, 1.165) is 56.2 Å². The molecule has 1 aromatic rings. The Morgan fingerprint density at radius 1 is 0.875 bits per heavy atom. The molecular formula is C36H51NO3. The van der Waals surface area contributed by atoms with Gasteiger partial charge in [0.05, 0.1) is 11.5 Å². The number of hydrogen-bond donors (Lipinski definition) is 2. The van der Waals surface area contributed by atoms with Gasteiger partial charge in [-0.15, -0.1) is 0 Å². The molecule has 8 atom stereocenters. The Hall–Kier alpha value is -1.94. The predicted octanol–water partition coefficient (Wildman–Crippen LogP) is 7.97. The fourth-order valence-electron chi connectivity index (χ4n) is 11.7. The molecular weight excluding hydrogens is 494 g/mol. The molecule has 0 aliphatic heterocycles. The van der Waals surface area contributed by atoms with Gasteiger partial charge in [0, 0.05) is 12.1 Å². The molecule has 5 aliphatic carbocycles. The van der Waals surface area contributed by atoms with Gasteiger partial charge >= 0.3 is 0 Å². The van der Waals surface area contributed by atoms with Crippen LogP contribution in [0.1, 0.15) is 106 Å². The van der Waals surface area contributed by atoms with Crippen molar-refractivity contribution in [2.24, 2.45) is 50.7 Å². The summed E-state index contributed by atoms with van der Waals surface area (Å²) in [5, 5.41) is 14.2. The maximum Gasteiger partial charge on any atom is 0.235 e. The second kappa shape index (κ2) is 9.03. The average Bonchev–Trinajstić information content (AvgIpc) is 3.21. The summed E-state index contributed by atoms with van der Waals surface area (Å²) in [6.07, 6.45) is 8.38. The first-order valence-corrected chi connectivity index (χ1v) is 16.0. The van der Waals surface area contributed by atoms with Crippen LogP contribution < -0.4 is 5.32 Å². The van der Waals surface area contributed by atoms with Gasteiger partial charge in [0.2, 0.25) is 5.91 Å². The monoisotopic (exact) mass is 545 g/mol. The van der Waals surface area contributed by atoms with Crippen LogP contribution in [0, 0.1) is 50.7 Å². The van der Waals surface area contributed by atoms with E-state index < -0.39 is 5.41 Å². The Balaban J connectivity index is 1.42. The first kappa shape index (κ1) is 28.2. The Kier molecular flexibility index (Phi) is 6.36. The number of Topliss-reactive ketones (excluding diaryl/α,β-unsaturated/α-hetero) is 1. The van der Waals surface area contributed by atoms with Gasteiger partial charge in [0.1, 0.15) is 0 Å². The van der Waals surface area contributed by atoms with Crippen LogP contribution >= 0.6 is 0 Å². The number of aliphatic hydroxyl groups excluding tert-OH is 1. The highest BCUT2D eigenvalue weighted by Gasteiger charge is 2.70. The fourth-order valence-corrected chi connectivity index (χ4v) is 11.7. The van der Waals surface area contributed by atoms with Crippen molar-refractivity contribution in [1.29, 1.82) is 0 Å². The molecule has 2 N–H and O–H groups in total. The minimum Gasteiger partial charge on any atom is -0.393 e. The topological polar surface area (TPSA) is 66.4 Å². The molecule has 4 heteroatoms. The highest BCUT2D eigenvalue weighted by molar-refractivity contribution is 6.09. The first-order valence-electron chi connectivity index (χ1n) is 16.0. The van der Waals surface area contributed by atoms with Crippen LogP contribution in [0.3, 0.4) is 0 Å². The quantitative estimate of drug-likeness (QED) is 0.405. The minimum atomic E-state index is -0.724. The number of fused-ring (bicyclic) bond motifs is 7. The number of hydrogen-bond acceptors (Lipinski definition) is 3. The SMILES string of the molecule is CC(C)C1=C2[C@H]3CC[C@@H]4[C@@]5(C)CC[C@H](O)C(C)(C)[C@@H]5CC[C@@]4(C)[C@]3(C)CC[C@@]2(C(=O)Nc2ccccc2)CC1=O. The maximum absolute atomic E-state index is 14.2. The van der Waals surface area contributed by atoms with Crippen LogP contribution in [0.2, 0.25) is 0 Å². The lowest BCUT2D eigenvalue weighted by molar-refractivity contribution is -0.228. The number of rotatable bonds is 3. The molecule has 40 heavy (non-hydrogen) atoms. The van der Waals surface area contributed by atoms with Crippen molar-refractivity contribution in [2.45, 2.75) is 112 Å².